The third-order valence-corrected chi connectivity index (χ3v) is 9.23. The minimum absolute atomic E-state index is 0.143. The quantitative estimate of drug-likeness (QED) is 0.175. The van der Waals surface area contributed by atoms with Gasteiger partial charge < -0.3 is 0 Å². The smallest absolute Gasteiger partial charge is 0.282 e. The second kappa shape index (κ2) is 8.39. The number of nitrogens with zero attached hydrogens (tertiary/aromatic N) is 1. The Hall–Kier alpha value is -2.76. The van der Waals surface area contributed by atoms with Gasteiger partial charge in [0.2, 0.25) is 11.4 Å². The Bertz CT molecular complexity index is 1790. The maximum absolute atomic E-state index is 12.7. The number of rotatable bonds is 6. The van der Waals surface area contributed by atoms with Crippen molar-refractivity contribution in [3.63, 3.8) is 0 Å². The van der Waals surface area contributed by atoms with Gasteiger partial charge in [0.05, 0.1) is 10.3 Å². The molecule has 1 heterocycles. The highest BCUT2D eigenvalue weighted by Crippen LogP contribution is 2.48. The van der Waals surface area contributed by atoms with Crippen LogP contribution in [0, 0.1) is 0 Å². The van der Waals surface area contributed by atoms with E-state index in [1.807, 2.05) is 13.8 Å². The number of hydrogen-bond donors (Lipinski definition) is 3. The molecule has 0 atom stereocenters. The maximum Gasteiger partial charge on any atom is 0.323 e. The van der Waals surface area contributed by atoms with Crippen LogP contribution in [0.25, 0.3) is 10.8 Å². The predicted molar refractivity (Wildman–Crippen MR) is 127 cm³/mol. The van der Waals surface area contributed by atoms with Gasteiger partial charge in [-0.1, -0.05) is 12.1 Å². The fraction of sp³-hybridized carbons (Fsp3) is 0.190. The lowest BCUT2D eigenvalue weighted by molar-refractivity contribution is -0.130. The Labute approximate surface area is 206 Å². The molecule has 0 saturated carbocycles. The van der Waals surface area contributed by atoms with Crippen molar-refractivity contribution in [2.75, 3.05) is 0 Å². The average Bonchev–Trinajstić information content (AvgIpc) is 3.02. The first-order valence-corrected chi connectivity index (χ1v) is 14.3. The zero-order valence-corrected chi connectivity index (χ0v) is 21.3. The van der Waals surface area contributed by atoms with E-state index in [2.05, 4.69) is 8.67 Å². The Balaban J connectivity index is 2.16. The van der Waals surface area contributed by atoms with Gasteiger partial charge in [-0.25, -0.2) is 10.5 Å². The SMILES string of the molecule is CC1=[N+](c2cccc(S(=O)(=O)O)c2)c2cc(S(=O)(=O)OO)c3cc(S(=O)(=O)OO)ccc3c2C1(C)C. The highest BCUT2D eigenvalue weighted by atomic mass is 32.2. The summed E-state index contributed by atoms with van der Waals surface area (Å²) < 4.78 is 91.3. The molecule has 3 aromatic rings. The summed E-state index contributed by atoms with van der Waals surface area (Å²) in [5.41, 5.74) is 0.967. The van der Waals surface area contributed by atoms with Gasteiger partial charge in [-0.15, -0.1) is 8.67 Å². The van der Waals surface area contributed by atoms with Crippen molar-refractivity contribution < 1.29 is 49.0 Å². The van der Waals surface area contributed by atoms with Crippen LogP contribution >= 0.6 is 0 Å². The van der Waals surface area contributed by atoms with E-state index in [0.29, 0.717) is 11.3 Å². The molecule has 0 amide bonds. The second-order valence-corrected chi connectivity index (χ2v) is 13.0. The molecule has 0 aromatic heterocycles. The van der Waals surface area contributed by atoms with Crippen LogP contribution in [-0.4, -0.2) is 46.0 Å². The van der Waals surface area contributed by atoms with E-state index in [9.17, 15) is 29.8 Å². The molecule has 3 N–H and O–H groups in total. The molecule has 0 aliphatic carbocycles. The largest absolute Gasteiger partial charge is 0.323 e. The molecular formula is C21H20NO11S3+. The molecule has 0 bridgehead atoms. The highest BCUT2D eigenvalue weighted by Gasteiger charge is 2.47. The Morgan fingerprint density at radius 3 is 2.03 bits per heavy atom. The van der Waals surface area contributed by atoms with Gasteiger partial charge in [-0.3, -0.25) is 4.55 Å². The van der Waals surface area contributed by atoms with Crippen LogP contribution in [0.4, 0.5) is 11.4 Å². The topological polar surface area (TPSA) is 185 Å². The lowest BCUT2D eigenvalue weighted by Gasteiger charge is -2.18. The van der Waals surface area contributed by atoms with Crippen LogP contribution in [0.1, 0.15) is 26.3 Å². The van der Waals surface area contributed by atoms with Gasteiger partial charge in [-0.05, 0) is 37.4 Å². The van der Waals surface area contributed by atoms with Gasteiger partial charge in [0, 0.05) is 36.1 Å². The molecule has 36 heavy (non-hydrogen) atoms. The van der Waals surface area contributed by atoms with Gasteiger partial charge in [0.25, 0.3) is 10.1 Å². The van der Waals surface area contributed by atoms with Crippen molar-refractivity contribution in [2.24, 2.45) is 0 Å². The molecule has 0 fully saturated rings. The second-order valence-electron chi connectivity index (χ2n) is 8.55. The summed E-state index contributed by atoms with van der Waals surface area (Å²) in [6, 6.07) is 9.90. The maximum atomic E-state index is 12.7. The van der Waals surface area contributed by atoms with E-state index in [4.69, 9.17) is 10.5 Å². The third-order valence-electron chi connectivity index (χ3n) is 6.28. The van der Waals surface area contributed by atoms with Crippen molar-refractivity contribution in [1.82, 2.24) is 4.58 Å². The summed E-state index contributed by atoms with van der Waals surface area (Å²) in [5.74, 6) is 0. The number of hydrogen-bond acceptors (Lipinski definition) is 10. The Morgan fingerprint density at radius 2 is 1.44 bits per heavy atom. The molecule has 0 unspecified atom stereocenters. The van der Waals surface area contributed by atoms with Gasteiger partial charge in [-0.2, -0.15) is 29.8 Å². The normalized spacial score (nSPS) is 15.9. The summed E-state index contributed by atoms with van der Waals surface area (Å²) in [6.45, 7) is 5.39. The minimum atomic E-state index is -4.82. The van der Waals surface area contributed by atoms with Gasteiger partial charge >= 0.3 is 20.2 Å². The summed E-state index contributed by atoms with van der Waals surface area (Å²) >= 11 is 0. The molecule has 12 nitrogen and oxygen atoms in total. The standard InChI is InChI=1S/C21H19NO11S3/c1-12-21(2,3)20-16-8-7-15(35(28,29)32-23)10-17(16)19(36(30,31)33-24)11-18(20)22(12)13-5-4-6-14(9-13)34(25,26)27/h4-11H,1-3H3,(H2-,23,24,25,26,27)/p+1. The molecule has 1 aliphatic heterocycles. The average molecular weight is 559 g/mol. The van der Waals surface area contributed by atoms with Crippen molar-refractivity contribution in [3.05, 3.63) is 54.1 Å². The molecule has 0 radical (unpaired) electrons. The van der Waals surface area contributed by atoms with Crippen LogP contribution in [0.2, 0.25) is 0 Å². The molecular weight excluding hydrogens is 538 g/mol. The lowest BCUT2D eigenvalue weighted by atomic mass is 9.80. The van der Waals surface area contributed by atoms with E-state index in [-0.39, 0.29) is 27.0 Å². The van der Waals surface area contributed by atoms with Crippen molar-refractivity contribution >= 4 is 58.2 Å². The van der Waals surface area contributed by atoms with Crippen molar-refractivity contribution in [1.29, 1.82) is 0 Å². The monoisotopic (exact) mass is 558 g/mol. The van der Waals surface area contributed by atoms with Crippen LogP contribution in [-0.2, 0) is 44.4 Å². The van der Waals surface area contributed by atoms with E-state index in [1.165, 1.54) is 24.3 Å². The first-order valence-electron chi connectivity index (χ1n) is 10.1. The first kappa shape index (κ1) is 26.3. The van der Waals surface area contributed by atoms with Gasteiger partial charge in [0.1, 0.15) is 9.79 Å². The highest BCUT2D eigenvalue weighted by molar-refractivity contribution is 7.87. The number of benzene rings is 3. The van der Waals surface area contributed by atoms with Crippen LogP contribution < -0.4 is 4.58 Å². The zero-order valence-electron chi connectivity index (χ0n) is 18.9. The fourth-order valence-electron chi connectivity index (χ4n) is 4.39. The fourth-order valence-corrected chi connectivity index (χ4v) is 6.27. The summed E-state index contributed by atoms with van der Waals surface area (Å²) in [6.07, 6.45) is 0. The minimum Gasteiger partial charge on any atom is -0.282 e. The number of fused-ring (bicyclic) bond motifs is 3. The summed E-state index contributed by atoms with van der Waals surface area (Å²) in [7, 11) is -14.0. The Morgan fingerprint density at radius 1 is 0.806 bits per heavy atom. The summed E-state index contributed by atoms with van der Waals surface area (Å²) in [5, 5.41) is 18.0. The first-order chi connectivity index (χ1) is 16.6. The van der Waals surface area contributed by atoms with Crippen LogP contribution in [0.5, 0.6) is 0 Å². The molecule has 0 saturated heterocycles. The van der Waals surface area contributed by atoms with Gasteiger partial charge in [0.15, 0.2) is 5.71 Å². The Kier molecular flexibility index (Phi) is 6.13. The molecule has 3 aromatic carbocycles. The molecule has 192 valence electrons. The molecule has 4 rings (SSSR count). The van der Waals surface area contributed by atoms with E-state index >= 15 is 0 Å². The molecule has 0 spiro atoms. The zero-order chi connectivity index (χ0) is 26.8. The predicted octanol–water partition coefficient (Wildman–Crippen LogP) is 3.03. The van der Waals surface area contributed by atoms with E-state index in [0.717, 1.165) is 18.2 Å². The summed E-state index contributed by atoms with van der Waals surface area (Å²) in [4.78, 5) is -1.54. The van der Waals surface area contributed by atoms with Crippen LogP contribution in [0.15, 0.2) is 63.2 Å². The van der Waals surface area contributed by atoms with E-state index < -0.39 is 45.6 Å². The van der Waals surface area contributed by atoms with Crippen molar-refractivity contribution in [3.8, 4) is 0 Å². The van der Waals surface area contributed by atoms with Crippen LogP contribution in [0.3, 0.4) is 0 Å². The lowest BCUT2D eigenvalue weighted by Crippen LogP contribution is -2.26. The molecule has 15 heteroatoms. The third kappa shape index (κ3) is 4.03. The molecule has 1 aliphatic rings. The van der Waals surface area contributed by atoms with Crippen molar-refractivity contribution in [2.45, 2.75) is 40.9 Å². The van der Waals surface area contributed by atoms with E-state index in [1.54, 1.807) is 17.6 Å².